The number of aryl methyl sites for hydroxylation is 1. The summed E-state index contributed by atoms with van der Waals surface area (Å²) in [6, 6.07) is 11.8. The van der Waals surface area contributed by atoms with E-state index in [1.807, 2.05) is 31.2 Å². The van der Waals surface area contributed by atoms with E-state index in [1.54, 1.807) is 25.1 Å². The highest BCUT2D eigenvalue weighted by Gasteiger charge is 2.32. The van der Waals surface area contributed by atoms with Crippen LogP contribution in [-0.4, -0.2) is 56.3 Å². The van der Waals surface area contributed by atoms with Gasteiger partial charge in [-0.3, -0.25) is 13.9 Å². The number of nitrogens with one attached hydrogen (secondary N) is 1. The van der Waals surface area contributed by atoms with Crippen molar-refractivity contribution in [1.82, 2.24) is 10.2 Å². The number of ether oxygens (including phenoxy) is 2. The predicted octanol–water partition coefficient (Wildman–Crippen LogP) is 3.36. The number of anilines is 1. The topological polar surface area (TPSA) is 105 Å². The van der Waals surface area contributed by atoms with Gasteiger partial charge in [-0.1, -0.05) is 37.1 Å². The van der Waals surface area contributed by atoms with Crippen molar-refractivity contribution in [3.8, 4) is 11.5 Å². The molecule has 0 aromatic heterocycles. The second-order valence-corrected chi connectivity index (χ2v) is 11.7. The fourth-order valence-corrected chi connectivity index (χ4v) is 5.76. The van der Waals surface area contributed by atoms with Crippen molar-refractivity contribution in [2.45, 2.75) is 65.1 Å². The van der Waals surface area contributed by atoms with Crippen LogP contribution in [0.25, 0.3) is 0 Å². The molecule has 0 unspecified atom stereocenters. The summed E-state index contributed by atoms with van der Waals surface area (Å²) >= 11 is 0. The van der Waals surface area contributed by atoms with Gasteiger partial charge in [-0.25, -0.2) is 8.42 Å². The second kappa shape index (κ2) is 11.4. The summed E-state index contributed by atoms with van der Waals surface area (Å²) < 4.78 is 38.1. The lowest BCUT2D eigenvalue weighted by molar-refractivity contribution is -0.139. The molecule has 0 radical (unpaired) electrons. The van der Waals surface area contributed by atoms with E-state index in [-0.39, 0.29) is 31.0 Å². The molecule has 1 atom stereocenters. The Hall–Kier alpha value is -3.27. The summed E-state index contributed by atoms with van der Waals surface area (Å²) in [4.78, 5) is 28.5. The maximum Gasteiger partial charge on any atom is 0.244 e. The lowest BCUT2D eigenvalue weighted by atomic mass is 10.1. The molecule has 200 valence electrons. The average molecular weight is 530 g/mol. The summed E-state index contributed by atoms with van der Waals surface area (Å²) in [6.45, 7) is 4.97. The van der Waals surface area contributed by atoms with Gasteiger partial charge >= 0.3 is 0 Å². The minimum absolute atomic E-state index is 0.0517. The van der Waals surface area contributed by atoms with Gasteiger partial charge in [-0.15, -0.1) is 0 Å². The second-order valence-electron chi connectivity index (χ2n) is 9.56. The molecule has 1 aliphatic heterocycles. The van der Waals surface area contributed by atoms with Gasteiger partial charge in [0.15, 0.2) is 11.5 Å². The first-order valence-electron chi connectivity index (χ1n) is 12.7. The molecule has 0 saturated heterocycles. The van der Waals surface area contributed by atoms with Crippen molar-refractivity contribution < 1.29 is 27.5 Å². The third kappa shape index (κ3) is 6.18. The summed E-state index contributed by atoms with van der Waals surface area (Å²) in [6.07, 6.45) is 4.00. The van der Waals surface area contributed by atoms with Gasteiger partial charge in [0.05, 0.1) is 11.4 Å². The highest BCUT2D eigenvalue weighted by molar-refractivity contribution is 7.92. The van der Waals surface area contributed by atoms with Crippen molar-refractivity contribution in [1.29, 1.82) is 0 Å². The Morgan fingerprint density at radius 1 is 1.08 bits per heavy atom. The number of sulfonamides is 1. The van der Waals surface area contributed by atoms with Crippen LogP contribution in [0.4, 0.5) is 5.69 Å². The Labute approximate surface area is 218 Å². The van der Waals surface area contributed by atoms with Gasteiger partial charge in [0, 0.05) is 18.7 Å². The molecule has 2 aromatic rings. The van der Waals surface area contributed by atoms with Crippen LogP contribution in [0.1, 0.15) is 50.7 Å². The molecule has 2 aromatic carbocycles. The van der Waals surface area contributed by atoms with Crippen molar-refractivity contribution >= 4 is 27.5 Å². The smallest absolute Gasteiger partial charge is 0.244 e. The molecule has 2 aliphatic rings. The zero-order valence-electron chi connectivity index (χ0n) is 21.6. The highest BCUT2D eigenvalue weighted by atomic mass is 32.2. The fraction of sp³-hybridized carbons (Fsp3) is 0.481. The van der Waals surface area contributed by atoms with Gasteiger partial charge in [0.2, 0.25) is 28.6 Å². The van der Waals surface area contributed by atoms with E-state index < -0.39 is 28.5 Å². The SMILES string of the molecule is CCS(=O)(=O)N(CC(=O)N(Cc1ccccc1C)[C@H](C)C(=O)NC1CCCC1)c1ccc2c(c1)OCO2. The molecule has 37 heavy (non-hydrogen) atoms. The highest BCUT2D eigenvalue weighted by Crippen LogP contribution is 2.36. The van der Waals surface area contributed by atoms with Gasteiger partial charge in [-0.2, -0.15) is 0 Å². The number of amides is 2. The molecular weight excluding hydrogens is 494 g/mol. The Bertz CT molecular complexity index is 1240. The lowest BCUT2D eigenvalue weighted by Crippen LogP contribution is -2.52. The van der Waals surface area contributed by atoms with Crippen LogP contribution in [0.5, 0.6) is 11.5 Å². The summed E-state index contributed by atoms with van der Waals surface area (Å²) in [5, 5.41) is 3.07. The molecule has 1 aliphatic carbocycles. The van der Waals surface area contributed by atoms with Gasteiger partial charge in [0.25, 0.3) is 0 Å². The standard InChI is InChI=1S/C27H35N3O6S/c1-4-37(33,34)30(23-13-14-24-25(15-23)36-18-35-24)17-26(31)29(16-21-10-6-5-9-19(21)2)20(3)27(32)28-22-11-7-8-12-22/h5-6,9-10,13-15,20,22H,4,7-8,11-12,16-18H2,1-3H3,(H,28,32)/t20-/m1/s1. The van der Waals surface area contributed by atoms with E-state index in [9.17, 15) is 18.0 Å². The summed E-state index contributed by atoms with van der Waals surface area (Å²) in [5.74, 6) is 0.0444. The molecule has 2 amide bonds. The first-order chi connectivity index (χ1) is 17.7. The molecule has 10 heteroatoms. The minimum atomic E-state index is -3.82. The maximum atomic E-state index is 13.8. The van der Waals surface area contributed by atoms with Crippen LogP contribution in [0.2, 0.25) is 0 Å². The van der Waals surface area contributed by atoms with Crippen LogP contribution in [0, 0.1) is 6.92 Å². The van der Waals surface area contributed by atoms with Crippen molar-refractivity contribution in [2.75, 3.05) is 23.4 Å². The van der Waals surface area contributed by atoms with E-state index >= 15 is 0 Å². The van der Waals surface area contributed by atoms with E-state index in [0.29, 0.717) is 17.2 Å². The Morgan fingerprint density at radius 3 is 2.49 bits per heavy atom. The molecule has 0 spiro atoms. The number of carbonyl (C=O) groups is 2. The number of rotatable bonds is 10. The van der Waals surface area contributed by atoms with Crippen LogP contribution < -0.4 is 19.1 Å². The number of hydrogen-bond donors (Lipinski definition) is 1. The van der Waals surface area contributed by atoms with Crippen LogP contribution in [0.3, 0.4) is 0 Å². The van der Waals surface area contributed by atoms with Crippen LogP contribution in [0.15, 0.2) is 42.5 Å². The van der Waals surface area contributed by atoms with Crippen LogP contribution >= 0.6 is 0 Å². The number of carbonyl (C=O) groups excluding carboxylic acids is 2. The lowest BCUT2D eigenvalue weighted by Gasteiger charge is -2.32. The monoisotopic (exact) mass is 529 g/mol. The molecule has 9 nitrogen and oxygen atoms in total. The first-order valence-corrected chi connectivity index (χ1v) is 14.3. The Kier molecular flexibility index (Phi) is 8.26. The molecule has 1 N–H and O–H groups in total. The summed E-state index contributed by atoms with van der Waals surface area (Å²) in [5.41, 5.74) is 2.18. The van der Waals surface area contributed by atoms with Gasteiger partial charge < -0.3 is 19.7 Å². The van der Waals surface area contributed by atoms with Gasteiger partial charge in [0.1, 0.15) is 12.6 Å². The van der Waals surface area contributed by atoms with Crippen molar-refractivity contribution in [2.24, 2.45) is 0 Å². The van der Waals surface area contributed by atoms with E-state index in [1.165, 1.54) is 11.8 Å². The maximum absolute atomic E-state index is 13.8. The third-order valence-electron chi connectivity index (χ3n) is 7.09. The quantitative estimate of drug-likeness (QED) is 0.506. The zero-order chi connectivity index (χ0) is 26.6. The summed E-state index contributed by atoms with van der Waals surface area (Å²) in [7, 11) is -3.82. The number of hydrogen-bond acceptors (Lipinski definition) is 6. The van der Waals surface area contributed by atoms with Crippen LogP contribution in [-0.2, 0) is 26.2 Å². The number of benzene rings is 2. The molecule has 1 saturated carbocycles. The Morgan fingerprint density at radius 2 is 1.78 bits per heavy atom. The average Bonchev–Trinajstić information content (AvgIpc) is 3.57. The molecule has 0 bridgehead atoms. The molecule has 1 fully saturated rings. The predicted molar refractivity (Wildman–Crippen MR) is 141 cm³/mol. The number of fused-ring (bicyclic) bond motifs is 1. The van der Waals surface area contributed by atoms with Crippen molar-refractivity contribution in [3.63, 3.8) is 0 Å². The van der Waals surface area contributed by atoms with E-state index in [0.717, 1.165) is 41.1 Å². The van der Waals surface area contributed by atoms with E-state index in [2.05, 4.69) is 5.32 Å². The van der Waals surface area contributed by atoms with Crippen molar-refractivity contribution in [3.05, 3.63) is 53.6 Å². The minimum Gasteiger partial charge on any atom is -0.454 e. The molecular formula is C27H35N3O6S. The first kappa shape index (κ1) is 26.8. The molecule has 4 rings (SSSR count). The zero-order valence-corrected chi connectivity index (χ0v) is 22.4. The Balaban J connectivity index is 1.62. The van der Waals surface area contributed by atoms with E-state index in [4.69, 9.17) is 9.47 Å². The molecule has 1 heterocycles. The largest absolute Gasteiger partial charge is 0.454 e. The third-order valence-corrected chi connectivity index (χ3v) is 8.84. The van der Waals surface area contributed by atoms with Gasteiger partial charge in [-0.05, 0) is 56.9 Å². The fourth-order valence-electron chi connectivity index (χ4n) is 4.71. The number of nitrogens with zero attached hydrogens (tertiary/aromatic N) is 2. The normalized spacial score (nSPS) is 15.9.